The van der Waals surface area contributed by atoms with Crippen LogP contribution < -0.4 is 10.6 Å². The predicted molar refractivity (Wildman–Crippen MR) is 91.9 cm³/mol. The van der Waals surface area contributed by atoms with E-state index in [1.807, 2.05) is 0 Å². The minimum atomic E-state index is -4.41. The summed E-state index contributed by atoms with van der Waals surface area (Å²) >= 11 is 0. The lowest BCUT2D eigenvalue weighted by molar-refractivity contribution is -0.137. The predicted octanol–water partition coefficient (Wildman–Crippen LogP) is 4.49. The van der Waals surface area contributed by atoms with E-state index in [-0.39, 0.29) is 11.3 Å². The molecule has 0 saturated heterocycles. The fraction of sp³-hybridized carbons (Fsp3) is 0.389. The summed E-state index contributed by atoms with van der Waals surface area (Å²) in [5.41, 5.74) is -0.261. The fourth-order valence-corrected chi connectivity index (χ4v) is 2.90. The molecule has 0 spiro atoms. The van der Waals surface area contributed by atoms with Gasteiger partial charge in [0, 0.05) is 24.1 Å². The van der Waals surface area contributed by atoms with E-state index in [1.54, 1.807) is 0 Å². The average Bonchev–Trinajstić information content (AvgIpc) is 2.63. The van der Waals surface area contributed by atoms with Crippen molar-refractivity contribution < 1.29 is 18.0 Å². The third-order valence-corrected chi connectivity index (χ3v) is 4.32. The molecule has 5 nitrogen and oxygen atoms in total. The van der Waals surface area contributed by atoms with Gasteiger partial charge in [0.2, 0.25) is 5.95 Å². The van der Waals surface area contributed by atoms with Crippen molar-refractivity contribution in [1.29, 1.82) is 0 Å². The lowest BCUT2D eigenvalue weighted by atomic mass is 9.96. The van der Waals surface area contributed by atoms with E-state index < -0.39 is 17.6 Å². The van der Waals surface area contributed by atoms with Crippen LogP contribution >= 0.6 is 0 Å². The molecule has 1 aliphatic carbocycles. The number of hydrogen-bond acceptors (Lipinski definition) is 4. The van der Waals surface area contributed by atoms with E-state index in [2.05, 4.69) is 20.6 Å². The van der Waals surface area contributed by atoms with Gasteiger partial charge in [0.15, 0.2) is 0 Å². The van der Waals surface area contributed by atoms with Crippen molar-refractivity contribution in [3.63, 3.8) is 0 Å². The zero-order chi connectivity index (χ0) is 18.6. The van der Waals surface area contributed by atoms with Crippen LogP contribution in [0.3, 0.4) is 0 Å². The molecule has 1 amide bonds. The number of alkyl halides is 3. The van der Waals surface area contributed by atoms with Gasteiger partial charge in [0.05, 0.1) is 11.1 Å². The standard InChI is InChI=1S/C18H19F3N4O/c19-18(20,21)13-6-8-15(9-7-13)24-16(26)12-10-22-17(23-11-12)25-14-4-2-1-3-5-14/h6-11,14H,1-5H2,(H,24,26)(H,22,23,25). The van der Waals surface area contributed by atoms with Gasteiger partial charge in [-0.1, -0.05) is 19.3 Å². The minimum Gasteiger partial charge on any atom is -0.351 e. The molecule has 2 aromatic rings. The van der Waals surface area contributed by atoms with E-state index >= 15 is 0 Å². The van der Waals surface area contributed by atoms with E-state index in [0.717, 1.165) is 25.0 Å². The quantitative estimate of drug-likeness (QED) is 0.839. The fourth-order valence-electron chi connectivity index (χ4n) is 2.90. The Labute approximate surface area is 149 Å². The van der Waals surface area contributed by atoms with Crippen molar-refractivity contribution in [2.45, 2.75) is 44.3 Å². The molecule has 3 rings (SSSR count). The number of anilines is 2. The van der Waals surface area contributed by atoms with E-state index in [9.17, 15) is 18.0 Å². The molecule has 8 heteroatoms. The molecule has 0 radical (unpaired) electrons. The van der Waals surface area contributed by atoms with Crippen molar-refractivity contribution in [2.24, 2.45) is 0 Å². The van der Waals surface area contributed by atoms with Gasteiger partial charge in [-0.05, 0) is 37.1 Å². The first-order valence-electron chi connectivity index (χ1n) is 8.49. The molecule has 1 aromatic carbocycles. The smallest absolute Gasteiger partial charge is 0.351 e. The summed E-state index contributed by atoms with van der Waals surface area (Å²) in [4.78, 5) is 20.5. The van der Waals surface area contributed by atoms with Crippen LogP contribution in [0.1, 0.15) is 48.0 Å². The topological polar surface area (TPSA) is 66.9 Å². The normalized spacial score (nSPS) is 15.5. The highest BCUT2D eigenvalue weighted by molar-refractivity contribution is 6.03. The third kappa shape index (κ3) is 4.71. The van der Waals surface area contributed by atoms with E-state index in [4.69, 9.17) is 0 Å². The lowest BCUT2D eigenvalue weighted by Crippen LogP contribution is -2.23. The number of amides is 1. The zero-order valence-corrected chi connectivity index (χ0v) is 14.0. The van der Waals surface area contributed by atoms with Crippen LogP contribution in [0.5, 0.6) is 0 Å². The van der Waals surface area contributed by atoms with Crippen LogP contribution in [-0.4, -0.2) is 21.9 Å². The van der Waals surface area contributed by atoms with Crippen molar-refractivity contribution in [3.8, 4) is 0 Å². The largest absolute Gasteiger partial charge is 0.416 e. The van der Waals surface area contributed by atoms with Crippen molar-refractivity contribution in [2.75, 3.05) is 10.6 Å². The molecule has 0 atom stereocenters. The monoisotopic (exact) mass is 364 g/mol. The molecule has 1 fully saturated rings. The second-order valence-electron chi connectivity index (χ2n) is 6.30. The van der Waals surface area contributed by atoms with Gasteiger partial charge in [-0.25, -0.2) is 9.97 Å². The van der Waals surface area contributed by atoms with Gasteiger partial charge in [-0.2, -0.15) is 13.2 Å². The Bertz CT molecular complexity index is 739. The highest BCUT2D eigenvalue weighted by atomic mass is 19.4. The zero-order valence-electron chi connectivity index (χ0n) is 14.0. The average molecular weight is 364 g/mol. The Morgan fingerprint density at radius 2 is 1.62 bits per heavy atom. The highest BCUT2D eigenvalue weighted by Gasteiger charge is 2.30. The number of carbonyl (C=O) groups excluding carboxylic acids is 1. The lowest BCUT2D eigenvalue weighted by Gasteiger charge is -2.22. The molecule has 0 unspecified atom stereocenters. The van der Waals surface area contributed by atoms with Crippen LogP contribution in [0.15, 0.2) is 36.7 Å². The van der Waals surface area contributed by atoms with Crippen molar-refractivity contribution in [1.82, 2.24) is 9.97 Å². The van der Waals surface area contributed by atoms with Gasteiger partial charge in [-0.3, -0.25) is 4.79 Å². The van der Waals surface area contributed by atoms with Gasteiger partial charge < -0.3 is 10.6 Å². The summed E-state index contributed by atoms with van der Waals surface area (Å²) in [6.07, 6.45) is 4.18. The Balaban J connectivity index is 1.59. The highest BCUT2D eigenvalue weighted by Crippen LogP contribution is 2.29. The van der Waals surface area contributed by atoms with Crippen LogP contribution in [0.2, 0.25) is 0 Å². The summed E-state index contributed by atoms with van der Waals surface area (Å²) in [5.74, 6) is -0.00282. The van der Waals surface area contributed by atoms with Crippen LogP contribution in [0, 0.1) is 0 Å². The maximum absolute atomic E-state index is 12.5. The number of halogens is 3. The summed E-state index contributed by atoms with van der Waals surface area (Å²) < 4.78 is 37.6. The number of hydrogen-bond donors (Lipinski definition) is 2. The number of nitrogens with zero attached hydrogens (tertiary/aromatic N) is 2. The van der Waals surface area contributed by atoms with Crippen LogP contribution in [-0.2, 0) is 6.18 Å². The molecule has 1 aliphatic rings. The summed E-state index contributed by atoms with van der Waals surface area (Å²) in [7, 11) is 0. The van der Waals surface area contributed by atoms with Gasteiger partial charge >= 0.3 is 6.18 Å². The Morgan fingerprint density at radius 3 is 2.19 bits per heavy atom. The maximum atomic E-state index is 12.5. The molecular formula is C18H19F3N4O. The number of aromatic nitrogens is 2. The first kappa shape index (κ1) is 18.2. The Kier molecular flexibility index (Phi) is 5.39. The molecule has 0 bridgehead atoms. The molecule has 1 saturated carbocycles. The second-order valence-corrected chi connectivity index (χ2v) is 6.30. The third-order valence-electron chi connectivity index (χ3n) is 4.32. The van der Waals surface area contributed by atoms with Gasteiger partial charge in [0.25, 0.3) is 5.91 Å². The van der Waals surface area contributed by atoms with Crippen LogP contribution in [0.4, 0.5) is 24.8 Å². The van der Waals surface area contributed by atoms with Crippen molar-refractivity contribution >= 4 is 17.5 Å². The molecule has 0 aliphatic heterocycles. The summed E-state index contributed by atoms with van der Waals surface area (Å²) in [6, 6.07) is 4.61. The molecular weight excluding hydrogens is 345 g/mol. The molecule has 1 heterocycles. The van der Waals surface area contributed by atoms with E-state index in [0.29, 0.717) is 12.0 Å². The molecule has 138 valence electrons. The number of rotatable bonds is 4. The van der Waals surface area contributed by atoms with E-state index in [1.165, 1.54) is 43.8 Å². The Hall–Kier alpha value is -2.64. The van der Waals surface area contributed by atoms with Crippen LogP contribution in [0.25, 0.3) is 0 Å². The second kappa shape index (κ2) is 7.72. The summed E-state index contributed by atoms with van der Waals surface area (Å²) in [6.45, 7) is 0. The maximum Gasteiger partial charge on any atom is 0.416 e. The minimum absolute atomic E-state index is 0.235. The Morgan fingerprint density at radius 1 is 1.00 bits per heavy atom. The number of carbonyl (C=O) groups is 1. The van der Waals surface area contributed by atoms with Gasteiger partial charge in [-0.15, -0.1) is 0 Å². The van der Waals surface area contributed by atoms with Gasteiger partial charge in [0.1, 0.15) is 0 Å². The molecule has 2 N–H and O–H groups in total. The molecule has 1 aromatic heterocycles. The summed E-state index contributed by atoms with van der Waals surface area (Å²) in [5, 5.41) is 5.79. The number of nitrogens with one attached hydrogen (secondary N) is 2. The first-order valence-corrected chi connectivity index (χ1v) is 8.49. The first-order chi connectivity index (χ1) is 12.4. The van der Waals surface area contributed by atoms with Crippen molar-refractivity contribution in [3.05, 3.63) is 47.8 Å². The SMILES string of the molecule is O=C(Nc1ccc(C(F)(F)F)cc1)c1cnc(NC2CCCCC2)nc1. The molecule has 26 heavy (non-hydrogen) atoms. The number of benzene rings is 1.